The Kier molecular flexibility index (Phi) is 4.94. The van der Waals surface area contributed by atoms with Crippen LogP contribution in [0.5, 0.6) is 0 Å². The summed E-state index contributed by atoms with van der Waals surface area (Å²) in [6.07, 6.45) is 0.909. The Morgan fingerprint density at radius 3 is 2.86 bits per heavy atom. The molecule has 0 aromatic heterocycles. The minimum atomic E-state index is 0.637. The van der Waals surface area contributed by atoms with Gasteiger partial charge in [-0.25, -0.2) is 0 Å². The van der Waals surface area contributed by atoms with Crippen LogP contribution in [0.15, 0.2) is 18.2 Å². The zero-order valence-corrected chi connectivity index (χ0v) is 9.18. The number of hydrogen-bond acceptors (Lipinski definition) is 2. The van der Waals surface area contributed by atoms with E-state index in [1.807, 2.05) is 25.1 Å². The lowest BCUT2D eigenvalue weighted by molar-refractivity contribution is 0.120. The standard InChI is InChI=1S/C11H16ClNO/c1-9-7-10(3-4-11(9)12)8-14-6-2-5-13/h3-4,7H,2,5-6,8,13H2,1H3. The molecule has 0 radical (unpaired) electrons. The predicted molar refractivity (Wildman–Crippen MR) is 59.5 cm³/mol. The van der Waals surface area contributed by atoms with Gasteiger partial charge in [0.2, 0.25) is 0 Å². The van der Waals surface area contributed by atoms with Crippen molar-refractivity contribution < 1.29 is 4.74 Å². The molecular formula is C11H16ClNO. The fourth-order valence-corrected chi connectivity index (χ4v) is 1.29. The summed E-state index contributed by atoms with van der Waals surface area (Å²) in [7, 11) is 0. The summed E-state index contributed by atoms with van der Waals surface area (Å²) in [6, 6.07) is 5.93. The molecule has 0 fully saturated rings. The molecule has 0 amide bonds. The number of ether oxygens (including phenoxy) is 1. The predicted octanol–water partition coefficient (Wildman–Crippen LogP) is 2.51. The third-order valence-corrected chi connectivity index (χ3v) is 2.41. The highest BCUT2D eigenvalue weighted by molar-refractivity contribution is 6.31. The molecule has 3 heteroatoms. The second-order valence-electron chi connectivity index (χ2n) is 3.28. The van der Waals surface area contributed by atoms with Gasteiger partial charge in [-0.05, 0) is 37.1 Å². The third-order valence-electron chi connectivity index (χ3n) is 1.98. The smallest absolute Gasteiger partial charge is 0.0716 e. The average Bonchev–Trinajstić information content (AvgIpc) is 2.18. The molecule has 2 nitrogen and oxygen atoms in total. The number of benzene rings is 1. The molecule has 0 aliphatic carbocycles. The molecular weight excluding hydrogens is 198 g/mol. The third kappa shape index (κ3) is 3.66. The molecule has 0 saturated heterocycles. The fourth-order valence-electron chi connectivity index (χ4n) is 1.17. The van der Waals surface area contributed by atoms with Gasteiger partial charge in [-0.15, -0.1) is 0 Å². The van der Waals surface area contributed by atoms with Gasteiger partial charge in [0.15, 0.2) is 0 Å². The molecule has 0 spiro atoms. The summed E-state index contributed by atoms with van der Waals surface area (Å²) < 4.78 is 5.43. The van der Waals surface area contributed by atoms with Crippen LogP contribution in [0.2, 0.25) is 5.02 Å². The first kappa shape index (κ1) is 11.5. The maximum atomic E-state index is 5.91. The highest BCUT2D eigenvalue weighted by Crippen LogP contribution is 2.16. The van der Waals surface area contributed by atoms with Crippen LogP contribution in [-0.4, -0.2) is 13.2 Å². The van der Waals surface area contributed by atoms with Crippen molar-refractivity contribution in [2.24, 2.45) is 5.73 Å². The Morgan fingerprint density at radius 1 is 1.43 bits per heavy atom. The maximum Gasteiger partial charge on any atom is 0.0716 e. The molecule has 0 atom stereocenters. The van der Waals surface area contributed by atoms with Crippen molar-refractivity contribution in [3.05, 3.63) is 34.3 Å². The number of nitrogens with two attached hydrogens (primary N) is 1. The zero-order valence-electron chi connectivity index (χ0n) is 8.42. The van der Waals surface area contributed by atoms with Gasteiger partial charge in [0, 0.05) is 11.6 Å². The first-order valence-electron chi connectivity index (χ1n) is 4.77. The maximum absolute atomic E-state index is 5.91. The van der Waals surface area contributed by atoms with E-state index in [-0.39, 0.29) is 0 Å². The van der Waals surface area contributed by atoms with Gasteiger partial charge in [0.25, 0.3) is 0 Å². The Morgan fingerprint density at radius 2 is 2.21 bits per heavy atom. The van der Waals surface area contributed by atoms with Gasteiger partial charge in [0.05, 0.1) is 6.61 Å². The van der Waals surface area contributed by atoms with Crippen molar-refractivity contribution >= 4 is 11.6 Å². The Labute approximate surface area is 90.0 Å². The van der Waals surface area contributed by atoms with E-state index in [2.05, 4.69) is 0 Å². The first-order chi connectivity index (χ1) is 6.74. The van der Waals surface area contributed by atoms with E-state index in [9.17, 15) is 0 Å². The normalized spacial score (nSPS) is 10.5. The second-order valence-corrected chi connectivity index (χ2v) is 3.69. The molecule has 0 aliphatic heterocycles. The molecule has 78 valence electrons. The summed E-state index contributed by atoms with van der Waals surface area (Å²) in [5.41, 5.74) is 7.60. The van der Waals surface area contributed by atoms with Gasteiger partial charge in [-0.3, -0.25) is 0 Å². The minimum absolute atomic E-state index is 0.637. The van der Waals surface area contributed by atoms with Crippen LogP contribution >= 0.6 is 11.6 Å². The van der Waals surface area contributed by atoms with Gasteiger partial charge in [-0.2, -0.15) is 0 Å². The molecule has 0 bridgehead atoms. The van der Waals surface area contributed by atoms with Crippen molar-refractivity contribution in [1.29, 1.82) is 0 Å². The van der Waals surface area contributed by atoms with Crippen LogP contribution in [-0.2, 0) is 11.3 Å². The molecule has 0 aliphatic rings. The molecule has 1 aromatic rings. The molecule has 14 heavy (non-hydrogen) atoms. The van der Waals surface area contributed by atoms with E-state index in [0.29, 0.717) is 13.2 Å². The van der Waals surface area contributed by atoms with Crippen molar-refractivity contribution in [2.45, 2.75) is 20.0 Å². The minimum Gasteiger partial charge on any atom is -0.377 e. The van der Waals surface area contributed by atoms with Crippen molar-refractivity contribution in [3.8, 4) is 0 Å². The largest absolute Gasteiger partial charge is 0.377 e. The quantitative estimate of drug-likeness (QED) is 0.763. The second kappa shape index (κ2) is 6.02. The topological polar surface area (TPSA) is 35.2 Å². The van der Waals surface area contributed by atoms with Gasteiger partial charge in [0.1, 0.15) is 0 Å². The van der Waals surface area contributed by atoms with Gasteiger partial charge >= 0.3 is 0 Å². The molecule has 0 saturated carbocycles. The van der Waals surface area contributed by atoms with E-state index in [1.54, 1.807) is 0 Å². The highest BCUT2D eigenvalue weighted by Gasteiger charge is 1.97. The van der Waals surface area contributed by atoms with E-state index < -0.39 is 0 Å². The van der Waals surface area contributed by atoms with Crippen molar-refractivity contribution in [3.63, 3.8) is 0 Å². The summed E-state index contributed by atoms with van der Waals surface area (Å²) >= 11 is 5.91. The summed E-state index contributed by atoms with van der Waals surface area (Å²) in [5, 5.41) is 0.802. The van der Waals surface area contributed by atoms with Crippen LogP contribution in [0.4, 0.5) is 0 Å². The highest BCUT2D eigenvalue weighted by atomic mass is 35.5. The number of halogens is 1. The van der Waals surface area contributed by atoms with E-state index in [1.165, 1.54) is 0 Å². The van der Waals surface area contributed by atoms with Crippen molar-refractivity contribution in [2.75, 3.05) is 13.2 Å². The van der Waals surface area contributed by atoms with Crippen molar-refractivity contribution in [1.82, 2.24) is 0 Å². The van der Waals surface area contributed by atoms with E-state index in [4.69, 9.17) is 22.1 Å². The van der Waals surface area contributed by atoms with Crippen LogP contribution in [0.25, 0.3) is 0 Å². The monoisotopic (exact) mass is 213 g/mol. The first-order valence-corrected chi connectivity index (χ1v) is 5.14. The van der Waals surface area contributed by atoms with Crippen LogP contribution in [0.3, 0.4) is 0 Å². The summed E-state index contributed by atoms with van der Waals surface area (Å²) in [5.74, 6) is 0. The average molecular weight is 214 g/mol. The Hall–Kier alpha value is -0.570. The van der Waals surface area contributed by atoms with E-state index >= 15 is 0 Å². The molecule has 0 heterocycles. The number of aryl methyl sites for hydroxylation is 1. The molecule has 1 aromatic carbocycles. The summed E-state index contributed by atoms with van der Waals surface area (Å²) in [6.45, 7) is 4.03. The van der Waals surface area contributed by atoms with Crippen LogP contribution < -0.4 is 5.73 Å². The lowest BCUT2D eigenvalue weighted by Gasteiger charge is -2.05. The lowest BCUT2D eigenvalue weighted by atomic mass is 10.1. The van der Waals surface area contributed by atoms with Gasteiger partial charge in [-0.1, -0.05) is 23.7 Å². The molecule has 1 rings (SSSR count). The zero-order chi connectivity index (χ0) is 10.4. The Balaban J connectivity index is 2.39. The Bertz CT molecular complexity index is 289. The lowest BCUT2D eigenvalue weighted by Crippen LogP contribution is -2.04. The molecule has 2 N–H and O–H groups in total. The van der Waals surface area contributed by atoms with Gasteiger partial charge < -0.3 is 10.5 Å². The van der Waals surface area contributed by atoms with Crippen LogP contribution in [0.1, 0.15) is 17.5 Å². The van der Waals surface area contributed by atoms with Crippen LogP contribution in [0, 0.1) is 6.92 Å². The SMILES string of the molecule is Cc1cc(COCCCN)ccc1Cl. The summed E-state index contributed by atoms with van der Waals surface area (Å²) in [4.78, 5) is 0. The fraction of sp³-hybridized carbons (Fsp3) is 0.455. The number of rotatable bonds is 5. The molecule has 0 unspecified atom stereocenters. The van der Waals surface area contributed by atoms with E-state index in [0.717, 1.165) is 29.2 Å². The number of hydrogen-bond donors (Lipinski definition) is 1.